The molecule has 0 saturated heterocycles. The van der Waals surface area contributed by atoms with E-state index in [1.165, 1.54) is 9.58 Å². The Bertz CT molecular complexity index is 1270. The summed E-state index contributed by atoms with van der Waals surface area (Å²) in [5.41, 5.74) is 5.01. The molecule has 10 heteroatoms. The second-order valence-corrected chi connectivity index (χ2v) is 7.07. The number of amides is 3. The van der Waals surface area contributed by atoms with Gasteiger partial charge in [0, 0.05) is 24.9 Å². The summed E-state index contributed by atoms with van der Waals surface area (Å²) in [7, 11) is 0. The molecule has 3 aromatic rings. The largest absolute Gasteiger partial charge is 0.482 e. The van der Waals surface area contributed by atoms with Gasteiger partial charge in [0.15, 0.2) is 12.3 Å². The van der Waals surface area contributed by atoms with Crippen LogP contribution in [0, 0.1) is 0 Å². The molecule has 0 spiro atoms. The van der Waals surface area contributed by atoms with Gasteiger partial charge in [-0.1, -0.05) is 30.3 Å². The number of carbonyl (C=O) groups is 3. The molecular formula is C22H21N5O5. The SMILES string of the molecule is CCn1nc(C(=O)NNC(=O)CCN2C(=O)COc3ccccc32)c2ccccc2c1=O. The number of aromatic nitrogens is 2. The van der Waals surface area contributed by atoms with Gasteiger partial charge in [0.1, 0.15) is 5.75 Å². The first-order valence-electron chi connectivity index (χ1n) is 10.1. The predicted molar refractivity (Wildman–Crippen MR) is 116 cm³/mol. The fraction of sp³-hybridized carbons (Fsp3) is 0.227. The van der Waals surface area contributed by atoms with E-state index >= 15 is 0 Å². The molecule has 0 radical (unpaired) electrons. The fourth-order valence-electron chi connectivity index (χ4n) is 3.48. The van der Waals surface area contributed by atoms with Crippen LogP contribution in [0.3, 0.4) is 0 Å². The summed E-state index contributed by atoms with van der Waals surface area (Å²) in [6.07, 6.45) is -0.0387. The molecule has 0 saturated carbocycles. The van der Waals surface area contributed by atoms with Gasteiger partial charge in [-0.25, -0.2) is 4.68 Å². The lowest BCUT2D eigenvalue weighted by Crippen LogP contribution is -2.45. The number of hydrogen-bond donors (Lipinski definition) is 2. The van der Waals surface area contributed by atoms with Crippen LogP contribution in [0.1, 0.15) is 23.8 Å². The lowest BCUT2D eigenvalue weighted by atomic mass is 10.1. The molecule has 1 aliphatic heterocycles. The van der Waals surface area contributed by atoms with Crippen molar-refractivity contribution >= 4 is 34.2 Å². The maximum Gasteiger partial charge on any atom is 0.290 e. The Kier molecular flexibility index (Phi) is 5.84. The Labute approximate surface area is 182 Å². The zero-order chi connectivity index (χ0) is 22.7. The van der Waals surface area contributed by atoms with Gasteiger partial charge < -0.3 is 9.64 Å². The van der Waals surface area contributed by atoms with Gasteiger partial charge in [0.05, 0.1) is 11.1 Å². The molecule has 0 fully saturated rings. The normalized spacial score (nSPS) is 12.8. The number of hydrogen-bond acceptors (Lipinski definition) is 6. The van der Waals surface area contributed by atoms with Crippen LogP contribution in [0.5, 0.6) is 5.75 Å². The number of para-hydroxylation sites is 2. The van der Waals surface area contributed by atoms with E-state index in [0.29, 0.717) is 28.8 Å². The topological polar surface area (TPSA) is 123 Å². The molecule has 4 rings (SSSR count). The van der Waals surface area contributed by atoms with Gasteiger partial charge in [-0.05, 0) is 25.1 Å². The molecule has 2 heterocycles. The van der Waals surface area contributed by atoms with Crippen molar-refractivity contribution < 1.29 is 19.1 Å². The third-order valence-corrected chi connectivity index (χ3v) is 5.07. The molecule has 10 nitrogen and oxygen atoms in total. The van der Waals surface area contributed by atoms with Crippen molar-refractivity contribution in [2.45, 2.75) is 19.9 Å². The quantitative estimate of drug-likeness (QED) is 0.577. The molecule has 2 aromatic carbocycles. The van der Waals surface area contributed by atoms with E-state index in [1.807, 2.05) is 0 Å². The van der Waals surface area contributed by atoms with Crippen LogP contribution in [0.2, 0.25) is 0 Å². The highest BCUT2D eigenvalue weighted by atomic mass is 16.5. The lowest BCUT2D eigenvalue weighted by molar-refractivity contribution is -0.122. The van der Waals surface area contributed by atoms with Crippen molar-refractivity contribution in [3.63, 3.8) is 0 Å². The number of benzene rings is 2. The summed E-state index contributed by atoms with van der Waals surface area (Å²) < 4.78 is 6.58. The molecule has 0 aliphatic carbocycles. The van der Waals surface area contributed by atoms with Crippen LogP contribution < -0.4 is 26.0 Å². The number of carbonyl (C=O) groups excluding carboxylic acids is 3. The smallest absolute Gasteiger partial charge is 0.290 e. The number of aryl methyl sites for hydroxylation is 1. The monoisotopic (exact) mass is 435 g/mol. The third-order valence-electron chi connectivity index (χ3n) is 5.07. The summed E-state index contributed by atoms with van der Waals surface area (Å²) in [5, 5.41) is 4.88. The minimum Gasteiger partial charge on any atom is -0.482 e. The van der Waals surface area contributed by atoms with Crippen LogP contribution in [0.15, 0.2) is 53.3 Å². The van der Waals surface area contributed by atoms with E-state index in [0.717, 1.165) is 0 Å². The second-order valence-electron chi connectivity index (χ2n) is 7.07. The number of nitrogens with one attached hydrogen (secondary N) is 2. The van der Waals surface area contributed by atoms with E-state index in [2.05, 4.69) is 16.0 Å². The van der Waals surface area contributed by atoms with Crippen LogP contribution in [0.4, 0.5) is 5.69 Å². The van der Waals surface area contributed by atoms with Gasteiger partial charge in [-0.15, -0.1) is 0 Å². The lowest BCUT2D eigenvalue weighted by Gasteiger charge is -2.29. The minimum absolute atomic E-state index is 0.0274. The Morgan fingerprint density at radius 1 is 1.03 bits per heavy atom. The molecule has 32 heavy (non-hydrogen) atoms. The molecule has 1 aliphatic rings. The zero-order valence-corrected chi connectivity index (χ0v) is 17.3. The number of ether oxygens (including phenoxy) is 1. The number of rotatable bonds is 5. The number of fused-ring (bicyclic) bond motifs is 2. The summed E-state index contributed by atoms with van der Waals surface area (Å²) in [6, 6.07) is 13.7. The molecule has 3 amide bonds. The summed E-state index contributed by atoms with van der Waals surface area (Å²) in [6.45, 7) is 2.08. The third kappa shape index (κ3) is 4.02. The average molecular weight is 435 g/mol. The van der Waals surface area contributed by atoms with E-state index in [4.69, 9.17) is 4.74 Å². The Balaban J connectivity index is 1.42. The second kappa shape index (κ2) is 8.88. The molecule has 0 atom stereocenters. The van der Waals surface area contributed by atoms with Crippen LogP contribution in [0.25, 0.3) is 10.8 Å². The van der Waals surface area contributed by atoms with E-state index < -0.39 is 11.8 Å². The van der Waals surface area contributed by atoms with Crippen molar-refractivity contribution in [1.29, 1.82) is 0 Å². The molecule has 2 N–H and O–H groups in total. The number of anilines is 1. The first-order chi connectivity index (χ1) is 15.5. The maximum atomic E-state index is 12.7. The predicted octanol–water partition coefficient (Wildman–Crippen LogP) is 0.993. The van der Waals surface area contributed by atoms with Crippen molar-refractivity contribution in [3.05, 3.63) is 64.6 Å². The van der Waals surface area contributed by atoms with Crippen molar-refractivity contribution in [1.82, 2.24) is 20.6 Å². The van der Waals surface area contributed by atoms with Crippen molar-refractivity contribution in [2.75, 3.05) is 18.1 Å². The van der Waals surface area contributed by atoms with Crippen molar-refractivity contribution in [3.8, 4) is 5.75 Å². The number of nitrogens with zero attached hydrogens (tertiary/aromatic N) is 3. The van der Waals surface area contributed by atoms with Crippen LogP contribution in [-0.2, 0) is 16.1 Å². The molecule has 0 bridgehead atoms. The van der Waals surface area contributed by atoms with E-state index in [-0.39, 0.29) is 36.7 Å². The first-order valence-corrected chi connectivity index (χ1v) is 10.1. The zero-order valence-electron chi connectivity index (χ0n) is 17.3. The molecular weight excluding hydrogens is 414 g/mol. The highest BCUT2D eigenvalue weighted by Crippen LogP contribution is 2.31. The standard InChI is InChI=1S/C22H21N5O5/c1-2-27-22(31)15-8-4-3-7-14(15)20(25-27)21(30)24-23-18(28)11-12-26-16-9-5-6-10-17(16)32-13-19(26)29/h3-10H,2,11-13H2,1H3,(H,23,28)(H,24,30). The molecule has 0 unspecified atom stereocenters. The Hall–Kier alpha value is -4.21. The van der Waals surface area contributed by atoms with E-state index in [9.17, 15) is 19.2 Å². The van der Waals surface area contributed by atoms with Gasteiger partial charge in [0.25, 0.3) is 17.4 Å². The number of hydrazine groups is 1. The van der Waals surface area contributed by atoms with Crippen LogP contribution >= 0.6 is 0 Å². The highest BCUT2D eigenvalue weighted by molar-refractivity contribution is 6.05. The van der Waals surface area contributed by atoms with Crippen molar-refractivity contribution in [2.24, 2.45) is 0 Å². The minimum atomic E-state index is -0.649. The molecule has 1 aromatic heterocycles. The Morgan fingerprint density at radius 3 is 2.53 bits per heavy atom. The maximum absolute atomic E-state index is 12.7. The molecule has 164 valence electrons. The average Bonchev–Trinajstić information content (AvgIpc) is 2.82. The summed E-state index contributed by atoms with van der Waals surface area (Å²) in [4.78, 5) is 51.1. The van der Waals surface area contributed by atoms with Gasteiger partial charge in [-0.2, -0.15) is 5.10 Å². The van der Waals surface area contributed by atoms with Crippen LogP contribution in [-0.4, -0.2) is 40.7 Å². The van der Waals surface area contributed by atoms with E-state index in [1.54, 1.807) is 55.5 Å². The Morgan fingerprint density at radius 2 is 1.75 bits per heavy atom. The highest BCUT2D eigenvalue weighted by Gasteiger charge is 2.25. The fourth-order valence-corrected chi connectivity index (χ4v) is 3.48. The first kappa shape index (κ1) is 21.0. The van der Waals surface area contributed by atoms with Gasteiger partial charge >= 0.3 is 0 Å². The summed E-state index contributed by atoms with van der Waals surface area (Å²) in [5.74, 6) is -0.810. The van der Waals surface area contributed by atoms with Gasteiger partial charge in [0.2, 0.25) is 5.91 Å². The summed E-state index contributed by atoms with van der Waals surface area (Å²) >= 11 is 0. The van der Waals surface area contributed by atoms with Gasteiger partial charge in [-0.3, -0.25) is 30.0 Å².